The van der Waals surface area contributed by atoms with Crippen LogP contribution in [0.3, 0.4) is 0 Å². The normalized spacial score (nSPS) is 28.4. The van der Waals surface area contributed by atoms with Gasteiger partial charge in [-0.15, -0.1) is 0 Å². The van der Waals surface area contributed by atoms with Gasteiger partial charge >= 0.3 is 0 Å². The van der Waals surface area contributed by atoms with Crippen LogP contribution >= 0.6 is 0 Å². The highest BCUT2D eigenvalue weighted by atomic mass is 15.0. The van der Waals surface area contributed by atoms with Gasteiger partial charge < -0.3 is 5.32 Å². The van der Waals surface area contributed by atoms with E-state index in [9.17, 15) is 0 Å². The van der Waals surface area contributed by atoms with Crippen molar-refractivity contribution in [1.29, 1.82) is 0 Å². The van der Waals surface area contributed by atoms with Gasteiger partial charge in [0.05, 0.1) is 0 Å². The second kappa shape index (κ2) is 2.80. The minimum absolute atomic E-state index is 0.437. The molecule has 0 unspecified atom stereocenters. The number of rotatable bonds is 0. The van der Waals surface area contributed by atoms with Crippen molar-refractivity contribution in [3.8, 4) is 0 Å². The number of hydrogen-bond acceptors (Lipinski definition) is 1. The van der Waals surface area contributed by atoms with Crippen LogP contribution < -0.4 is 5.32 Å². The molecule has 2 rings (SSSR count). The zero-order valence-corrected chi connectivity index (χ0v) is 11.3. The summed E-state index contributed by atoms with van der Waals surface area (Å²) in [6, 6.07) is 0. The summed E-state index contributed by atoms with van der Waals surface area (Å²) in [5.74, 6) is 0. The Bertz CT molecular complexity index is 236. The van der Waals surface area contributed by atoms with Gasteiger partial charge in [-0.25, -0.2) is 0 Å². The average molecular weight is 209 g/mol. The van der Waals surface area contributed by atoms with Gasteiger partial charge in [-0.1, -0.05) is 41.5 Å². The van der Waals surface area contributed by atoms with Gasteiger partial charge in [-0.3, -0.25) is 0 Å². The summed E-state index contributed by atoms with van der Waals surface area (Å²) in [5, 5.41) is 3.44. The molecule has 1 saturated heterocycles. The first kappa shape index (κ1) is 11.4. The van der Waals surface area contributed by atoms with Gasteiger partial charge in [0, 0.05) is 13.1 Å². The first-order chi connectivity index (χ1) is 6.62. The molecule has 15 heavy (non-hydrogen) atoms. The maximum atomic E-state index is 3.44. The van der Waals surface area contributed by atoms with Crippen molar-refractivity contribution in [3.05, 3.63) is 0 Å². The van der Waals surface area contributed by atoms with Crippen LogP contribution in [0.4, 0.5) is 0 Å². The number of hydrogen-bond donors (Lipinski definition) is 1. The summed E-state index contributed by atoms with van der Waals surface area (Å²) in [4.78, 5) is 0. The average Bonchev–Trinajstić information content (AvgIpc) is 1.71. The van der Waals surface area contributed by atoms with E-state index in [0.717, 1.165) is 0 Å². The molecular weight excluding hydrogens is 182 g/mol. The smallest absolute Gasteiger partial charge is 0.00206 e. The van der Waals surface area contributed by atoms with Crippen molar-refractivity contribution >= 4 is 0 Å². The molecule has 2 fully saturated rings. The van der Waals surface area contributed by atoms with E-state index in [4.69, 9.17) is 0 Å². The maximum absolute atomic E-state index is 3.44. The predicted molar refractivity (Wildman–Crippen MR) is 65.9 cm³/mol. The zero-order valence-electron chi connectivity index (χ0n) is 11.3. The van der Waals surface area contributed by atoms with Crippen LogP contribution in [0.2, 0.25) is 0 Å². The lowest BCUT2D eigenvalue weighted by Crippen LogP contribution is -2.69. The lowest BCUT2D eigenvalue weighted by molar-refractivity contribution is -0.198. The highest BCUT2D eigenvalue weighted by molar-refractivity contribution is 5.16. The molecule has 0 amide bonds. The maximum Gasteiger partial charge on any atom is 0.00206 e. The Morgan fingerprint density at radius 2 is 1.20 bits per heavy atom. The van der Waals surface area contributed by atoms with Crippen molar-refractivity contribution in [2.24, 2.45) is 21.7 Å². The number of nitrogens with one attached hydrogen (secondary N) is 1. The zero-order chi connectivity index (χ0) is 11.5. The standard InChI is InChI=1S/C14H27N/c1-11(2,3)14(12(4,5)6)7-13(8-14)9-15-10-13/h15H,7-10H2,1-6H3. The highest BCUT2D eigenvalue weighted by Crippen LogP contribution is 2.70. The Morgan fingerprint density at radius 3 is 1.40 bits per heavy atom. The Hall–Kier alpha value is -0.0400. The molecule has 0 aromatic heterocycles. The van der Waals surface area contributed by atoms with Gasteiger partial charge in [-0.2, -0.15) is 0 Å². The summed E-state index contributed by atoms with van der Waals surface area (Å²) in [5.41, 5.74) is 2.10. The Kier molecular flexibility index (Phi) is 2.13. The molecule has 0 aromatic rings. The molecule has 1 aliphatic carbocycles. The van der Waals surface area contributed by atoms with E-state index in [1.807, 2.05) is 0 Å². The fraction of sp³-hybridized carbons (Fsp3) is 1.00. The van der Waals surface area contributed by atoms with Gasteiger partial charge in [-0.05, 0) is 34.5 Å². The molecule has 1 heterocycles. The predicted octanol–water partition coefficient (Wildman–Crippen LogP) is 3.45. The van der Waals surface area contributed by atoms with Gasteiger partial charge in [0.2, 0.25) is 0 Å². The largest absolute Gasteiger partial charge is 0.316 e. The van der Waals surface area contributed by atoms with E-state index < -0.39 is 0 Å². The highest BCUT2D eigenvalue weighted by Gasteiger charge is 2.65. The van der Waals surface area contributed by atoms with E-state index in [-0.39, 0.29) is 0 Å². The van der Waals surface area contributed by atoms with Crippen molar-refractivity contribution in [1.82, 2.24) is 5.32 Å². The van der Waals surface area contributed by atoms with Gasteiger partial charge in [0.25, 0.3) is 0 Å². The topological polar surface area (TPSA) is 12.0 Å². The van der Waals surface area contributed by atoms with Crippen LogP contribution in [-0.2, 0) is 0 Å². The van der Waals surface area contributed by atoms with Gasteiger partial charge in [0.1, 0.15) is 0 Å². The van der Waals surface area contributed by atoms with Crippen LogP contribution in [0.1, 0.15) is 54.4 Å². The van der Waals surface area contributed by atoms with E-state index in [1.165, 1.54) is 25.9 Å². The molecule has 0 aromatic carbocycles. The molecular formula is C14H27N. The Labute approximate surface area is 95.0 Å². The lowest BCUT2D eigenvalue weighted by Gasteiger charge is -2.70. The van der Waals surface area contributed by atoms with E-state index >= 15 is 0 Å². The molecule has 1 spiro atoms. The van der Waals surface area contributed by atoms with Gasteiger partial charge in [0.15, 0.2) is 0 Å². The third kappa shape index (κ3) is 1.39. The Balaban J connectivity index is 2.22. The van der Waals surface area contributed by atoms with Crippen LogP contribution in [-0.4, -0.2) is 13.1 Å². The minimum atomic E-state index is 0.437. The summed E-state index contributed by atoms with van der Waals surface area (Å²) in [6.07, 6.45) is 2.86. The molecule has 0 bridgehead atoms. The quantitative estimate of drug-likeness (QED) is 0.644. The molecule has 2 aliphatic rings. The first-order valence-corrected chi connectivity index (χ1v) is 6.33. The third-order valence-electron chi connectivity index (χ3n) is 5.22. The minimum Gasteiger partial charge on any atom is -0.316 e. The van der Waals surface area contributed by atoms with Crippen LogP contribution in [0.25, 0.3) is 0 Å². The van der Waals surface area contributed by atoms with Crippen molar-refractivity contribution in [2.45, 2.75) is 54.4 Å². The Morgan fingerprint density at radius 1 is 0.800 bits per heavy atom. The van der Waals surface area contributed by atoms with Crippen molar-refractivity contribution in [2.75, 3.05) is 13.1 Å². The molecule has 0 radical (unpaired) electrons. The van der Waals surface area contributed by atoms with E-state index in [0.29, 0.717) is 21.7 Å². The summed E-state index contributed by atoms with van der Waals surface area (Å²) in [7, 11) is 0. The summed E-state index contributed by atoms with van der Waals surface area (Å²) in [6.45, 7) is 17.1. The second-order valence-corrected chi connectivity index (χ2v) is 8.04. The van der Waals surface area contributed by atoms with Crippen LogP contribution in [0, 0.1) is 21.7 Å². The third-order valence-corrected chi connectivity index (χ3v) is 5.22. The molecule has 1 heteroatoms. The molecule has 88 valence electrons. The lowest BCUT2D eigenvalue weighted by atomic mass is 9.36. The van der Waals surface area contributed by atoms with E-state index in [1.54, 1.807) is 0 Å². The fourth-order valence-electron chi connectivity index (χ4n) is 4.14. The molecule has 1 aliphatic heterocycles. The van der Waals surface area contributed by atoms with Crippen molar-refractivity contribution in [3.63, 3.8) is 0 Å². The monoisotopic (exact) mass is 209 g/mol. The molecule has 1 N–H and O–H groups in total. The van der Waals surface area contributed by atoms with Crippen LogP contribution in [0.5, 0.6) is 0 Å². The van der Waals surface area contributed by atoms with Crippen molar-refractivity contribution < 1.29 is 0 Å². The molecule has 1 nitrogen and oxygen atoms in total. The SMILES string of the molecule is CC(C)(C)C1(C(C)(C)C)CC2(CNC2)C1. The summed E-state index contributed by atoms with van der Waals surface area (Å²) < 4.78 is 0. The fourth-order valence-corrected chi connectivity index (χ4v) is 4.14. The first-order valence-electron chi connectivity index (χ1n) is 6.33. The second-order valence-electron chi connectivity index (χ2n) is 8.04. The van der Waals surface area contributed by atoms with E-state index in [2.05, 4.69) is 46.9 Å². The molecule has 0 atom stereocenters. The van der Waals surface area contributed by atoms with Crippen LogP contribution in [0.15, 0.2) is 0 Å². The molecule has 1 saturated carbocycles. The summed E-state index contributed by atoms with van der Waals surface area (Å²) >= 11 is 0.